The van der Waals surface area contributed by atoms with Gasteiger partial charge in [-0.05, 0) is 17.7 Å². The van der Waals surface area contributed by atoms with E-state index in [1.807, 2.05) is 30.3 Å². The lowest BCUT2D eigenvalue weighted by atomic mass is 10.1. The van der Waals surface area contributed by atoms with Crippen molar-refractivity contribution in [3.63, 3.8) is 0 Å². The van der Waals surface area contributed by atoms with Gasteiger partial charge in [0.1, 0.15) is 0 Å². The number of rotatable bonds is 3. The van der Waals surface area contributed by atoms with Gasteiger partial charge in [0.15, 0.2) is 0 Å². The number of aromatic carboxylic acids is 1. The van der Waals surface area contributed by atoms with E-state index < -0.39 is 5.97 Å². The summed E-state index contributed by atoms with van der Waals surface area (Å²) in [5.41, 5.74) is 8.21. The molecule has 0 aliphatic heterocycles. The number of hydrogen-bond acceptors (Lipinski definition) is 4. The molecule has 0 saturated heterocycles. The molecule has 0 spiro atoms. The SMILES string of the molecule is Nc1nccc(-c2cc(C(=O)O)c(-c3ccccc3)[nH]2)n1. The monoisotopic (exact) mass is 280 g/mol. The van der Waals surface area contributed by atoms with Crippen molar-refractivity contribution in [1.29, 1.82) is 0 Å². The maximum atomic E-state index is 11.4. The Kier molecular flexibility index (Phi) is 3.12. The zero-order chi connectivity index (χ0) is 14.8. The molecule has 104 valence electrons. The summed E-state index contributed by atoms with van der Waals surface area (Å²) in [6.07, 6.45) is 1.53. The van der Waals surface area contributed by atoms with Crippen LogP contribution in [0.4, 0.5) is 5.95 Å². The van der Waals surface area contributed by atoms with Gasteiger partial charge in [0.25, 0.3) is 0 Å². The standard InChI is InChI=1S/C15H12N4O2/c16-15-17-7-6-11(19-15)12-8-10(14(20)21)13(18-12)9-4-2-1-3-5-9/h1-8,18H,(H,20,21)(H2,16,17,19). The lowest BCUT2D eigenvalue weighted by molar-refractivity contribution is 0.0698. The van der Waals surface area contributed by atoms with Gasteiger partial charge >= 0.3 is 5.97 Å². The van der Waals surface area contributed by atoms with Crippen molar-refractivity contribution in [2.24, 2.45) is 0 Å². The molecule has 0 aliphatic carbocycles. The molecule has 0 aliphatic rings. The van der Waals surface area contributed by atoms with Gasteiger partial charge in [-0.2, -0.15) is 0 Å². The summed E-state index contributed by atoms with van der Waals surface area (Å²) in [6.45, 7) is 0. The maximum Gasteiger partial charge on any atom is 0.337 e. The van der Waals surface area contributed by atoms with Gasteiger partial charge < -0.3 is 15.8 Å². The van der Waals surface area contributed by atoms with Crippen LogP contribution in [0.25, 0.3) is 22.6 Å². The number of aromatic amines is 1. The Labute approximate surface area is 120 Å². The van der Waals surface area contributed by atoms with E-state index in [1.165, 1.54) is 6.20 Å². The van der Waals surface area contributed by atoms with Crippen LogP contribution < -0.4 is 5.73 Å². The van der Waals surface area contributed by atoms with Gasteiger partial charge in [-0.3, -0.25) is 0 Å². The molecule has 0 radical (unpaired) electrons. The average molecular weight is 280 g/mol. The molecule has 2 aromatic heterocycles. The number of nitrogens with zero attached hydrogens (tertiary/aromatic N) is 2. The predicted molar refractivity (Wildman–Crippen MR) is 78.6 cm³/mol. The topological polar surface area (TPSA) is 105 Å². The second-order valence-corrected chi connectivity index (χ2v) is 4.44. The second kappa shape index (κ2) is 5.09. The second-order valence-electron chi connectivity index (χ2n) is 4.44. The Morgan fingerprint density at radius 2 is 1.95 bits per heavy atom. The number of hydrogen-bond donors (Lipinski definition) is 3. The van der Waals surface area contributed by atoms with Crippen LogP contribution in [0.5, 0.6) is 0 Å². The molecule has 0 amide bonds. The highest BCUT2D eigenvalue weighted by molar-refractivity contribution is 5.97. The van der Waals surface area contributed by atoms with Crippen molar-refractivity contribution in [2.75, 3.05) is 5.73 Å². The summed E-state index contributed by atoms with van der Waals surface area (Å²) < 4.78 is 0. The Morgan fingerprint density at radius 1 is 1.19 bits per heavy atom. The van der Waals surface area contributed by atoms with E-state index in [1.54, 1.807) is 12.1 Å². The molecule has 3 rings (SSSR count). The van der Waals surface area contributed by atoms with Gasteiger partial charge in [0.2, 0.25) is 5.95 Å². The number of anilines is 1. The molecule has 0 fully saturated rings. The lowest BCUT2D eigenvalue weighted by Gasteiger charge is -2.00. The van der Waals surface area contributed by atoms with E-state index in [-0.39, 0.29) is 11.5 Å². The van der Waals surface area contributed by atoms with Crippen molar-refractivity contribution in [2.45, 2.75) is 0 Å². The first-order valence-corrected chi connectivity index (χ1v) is 6.26. The van der Waals surface area contributed by atoms with Gasteiger partial charge in [0.05, 0.1) is 22.6 Å². The molecule has 21 heavy (non-hydrogen) atoms. The summed E-state index contributed by atoms with van der Waals surface area (Å²) >= 11 is 0. The van der Waals surface area contributed by atoms with Crippen molar-refractivity contribution in [1.82, 2.24) is 15.0 Å². The highest BCUT2D eigenvalue weighted by Gasteiger charge is 2.17. The first-order chi connectivity index (χ1) is 10.1. The van der Waals surface area contributed by atoms with Gasteiger partial charge in [-0.15, -0.1) is 0 Å². The molecule has 0 saturated carbocycles. The number of carboxylic acid groups (broad SMARTS) is 1. The normalized spacial score (nSPS) is 10.5. The van der Waals surface area contributed by atoms with Crippen LogP contribution in [-0.2, 0) is 0 Å². The summed E-state index contributed by atoms with van der Waals surface area (Å²) in [5, 5.41) is 9.36. The van der Waals surface area contributed by atoms with Crippen molar-refractivity contribution in [3.05, 3.63) is 54.2 Å². The van der Waals surface area contributed by atoms with Crippen molar-refractivity contribution in [3.8, 4) is 22.6 Å². The fourth-order valence-electron chi connectivity index (χ4n) is 2.12. The number of nitrogens with one attached hydrogen (secondary N) is 1. The van der Waals surface area contributed by atoms with E-state index in [4.69, 9.17) is 5.73 Å². The largest absolute Gasteiger partial charge is 0.478 e. The zero-order valence-electron chi connectivity index (χ0n) is 10.9. The molecule has 3 aromatic rings. The van der Waals surface area contributed by atoms with Crippen LogP contribution in [0.3, 0.4) is 0 Å². The minimum atomic E-state index is -1.00. The highest BCUT2D eigenvalue weighted by atomic mass is 16.4. The molecule has 0 bridgehead atoms. The van der Waals surface area contributed by atoms with Crippen LogP contribution in [0.2, 0.25) is 0 Å². The van der Waals surface area contributed by atoms with E-state index in [2.05, 4.69) is 15.0 Å². The smallest absolute Gasteiger partial charge is 0.337 e. The number of nitrogens with two attached hydrogens (primary N) is 1. The van der Waals surface area contributed by atoms with E-state index >= 15 is 0 Å². The van der Waals surface area contributed by atoms with E-state index in [0.717, 1.165) is 5.56 Å². The van der Waals surface area contributed by atoms with Crippen LogP contribution >= 0.6 is 0 Å². The molecule has 1 aromatic carbocycles. The minimum absolute atomic E-state index is 0.139. The predicted octanol–water partition coefficient (Wildman–Crippen LogP) is 2.42. The Bertz CT molecular complexity index is 796. The highest BCUT2D eigenvalue weighted by Crippen LogP contribution is 2.28. The summed E-state index contributed by atoms with van der Waals surface area (Å²) in [5.74, 6) is -0.862. The molecular formula is C15H12N4O2. The molecule has 6 nitrogen and oxygen atoms in total. The van der Waals surface area contributed by atoms with E-state index in [0.29, 0.717) is 17.1 Å². The number of carboxylic acids is 1. The van der Waals surface area contributed by atoms with Crippen LogP contribution in [0.1, 0.15) is 10.4 Å². The molecule has 0 unspecified atom stereocenters. The Morgan fingerprint density at radius 3 is 2.62 bits per heavy atom. The molecule has 4 N–H and O–H groups in total. The maximum absolute atomic E-state index is 11.4. The average Bonchev–Trinajstić information content (AvgIpc) is 2.93. The van der Waals surface area contributed by atoms with Gasteiger partial charge in [-0.25, -0.2) is 14.8 Å². The van der Waals surface area contributed by atoms with Crippen LogP contribution in [-0.4, -0.2) is 26.0 Å². The number of aromatic nitrogens is 3. The third-order valence-electron chi connectivity index (χ3n) is 3.06. The number of benzene rings is 1. The van der Waals surface area contributed by atoms with Crippen LogP contribution in [0, 0.1) is 0 Å². The minimum Gasteiger partial charge on any atom is -0.478 e. The summed E-state index contributed by atoms with van der Waals surface area (Å²) in [6, 6.07) is 12.5. The third kappa shape index (κ3) is 2.46. The molecule has 6 heteroatoms. The third-order valence-corrected chi connectivity index (χ3v) is 3.06. The fraction of sp³-hybridized carbons (Fsp3) is 0. The number of carbonyl (C=O) groups is 1. The summed E-state index contributed by atoms with van der Waals surface area (Å²) in [4.78, 5) is 22.4. The molecule has 2 heterocycles. The van der Waals surface area contributed by atoms with Crippen LogP contribution in [0.15, 0.2) is 48.7 Å². The summed E-state index contributed by atoms with van der Waals surface area (Å²) in [7, 11) is 0. The number of nitrogen functional groups attached to an aromatic ring is 1. The first kappa shape index (κ1) is 12.9. The Hall–Kier alpha value is -3.15. The van der Waals surface area contributed by atoms with Gasteiger partial charge in [-0.1, -0.05) is 30.3 Å². The fourth-order valence-corrected chi connectivity index (χ4v) is 2.12. The number of H-pyrrole nitrogens is 1. The van der Waals surface area contributed by atoms with Gasteiger partial charge in [0, 0.05) is 6.20 Å². The quantitative estimate of drug-likeness (QED) is 0.683. The lowest BCUT2D eigenvalue weighted by Crippen LogP contribution is -1.96. The zero-order valence-corrected chi connectivity index (χ0v) is 10.9. The molecule has 0 atom stereocenters. The van der Waals surface area contributed by atoms with Crippen molar-refractivity contribution >= 4 is 11.9 Å². The molecular weight excluding hydrogens is 268 g/mol. The first-order valence-electron chi connectivity index (χ1n) is 6.26. The Balaban J connectivity index is 2.15. The van der Waals surface area contributed by atoms with E-state index in [9.17, 15) is 9.90 Å². The van der Waals surface area contributed by atoms with Crippen molar-refractivity contribution < 1.29 is 9.90 Å².